The normalized spacial score (nSPS) is 16.8. The molecule has 3 heterocycles. The Morgan fingerprint density at radius 1 is 1.16 bits per heavy atom. The summed E-state index contributed by atoms with van der Waals surface area (Å²) >= 11 is 1.52. The van der Waals surface area contributed by atoms with Crippen LogP contribution in [0.25, 0.3) is 5.69 Å². The maximum atomic E-state index is 12.6. The van der Waals surface area contributed by atoms with E-state index >= 15 is 0 Å². The van der Waals surface area contributed by atoms with Crippen LogP contribution < -0.4 is 0 Å². The van der Waals surface area contributed by atoms with E-state index in [4.69, 9.17) is 0 Å². The Bertz CT molecular complexity index is 553. The van der Waals surface area contributed by atoms with Crippen LogP contribution in [0, 0.1) is 0 Å². The highest BCUT2D eigenvalue weighted by Crippen LogP contribution is 2.23. The lowest BCUT2D eigenvalue weighted by Crippen LogP contribution is -2.47. The quantitative estimate of drug-likeness (QED) is 0.838. The second-order valence-electron chi connectivity index (χ2n) is 4.82. The van der Waals surface area contributed by atoms with Crippen molar-refractivity contribution < 1.29 is 4.79 Å². The van der Waals surface area contributed by atoms with Gasteiger partial charge in [0.2, 0.25) is 0 Å². The van der Waals surface area contributed by atoms with Gasteiger partial charge in [-0.15, -0.1) is 11.3 Å². The molecule has 1 saturated heterocycles. The molecule has 0 bridgehead atoms. The molecule has 5 heteroatoms. The molecule has 0 aromatic carbocycles. The van der Waals surface area contributed by atoms with Crippen LogP contribution in [0.1, 0.15) is 9.67 Å². The summed E-state index contributed by atoms with van der Waals surface area (Å²) in [5.74, 6) is 0.159. The number of piperazine rings is 1. The van der Waals surface area contributed by atoms with Gasteiger partial charge in [-0.2, -0.15) is 0 Å². The van der Waals surface area contributed by atoms with E-state index < -0.39 is 0 Å². The molecule has 1 aliphatic heterocycles. The Hall–Kier alpha value is -1.59. The van der Waals surface area contributed by atoms with E-state index in [9.17, 15) is 4.79 Å². The molecule has 0 saturated carbocycles. The van der Waals surface area contributed by atoms with E-state index in [0.29, 0.717) is 0 Å². The van der Waals surface area contributed by atoms with Crippen LogP contribution in [0.5, 0.6) is 0 Å². The molecule has 0 atom stereocenters. The summed E-state index contributed by atoms with van der Waals surface area (Å²) in [4.78, 5) is 17.6. The van der Waals surface area contributed by atoms with Gasteiger partial charge in [0.15, 0.2) is 0 Å². The predicted octanol–water partition coefficient (Wildman–Crippen LogP) is 1.93. The van der Waals surface area contributed by atoms with E-state index in [0.717, 1.165) is 36.7 Å². The number of thiophene rings is 1. The Labute approximate surface area is 116 Å². The lowest BCUT2D eigenvalue weighted by molar-refractivity contribution is 0.0669. The third-order valence-corrected chi connectivity index (χ3v) is 4.40. The van der Waals surface area contributed by atoms with Gasteiger partial charge >= 0.3 is 0 Å². The smallest absolute Gasteiger partial charge is 0.266 e. The average Bonchev–Trinajstić information content (AvgIpc) is 3.09. The summed E-state index contributed by atoms with van der Waals surface area (Å²) in [6.45, 7) is 3.54. The van der Waals surface area contributed by atoms with Gasteiger partial charge < -0.3 is 14.4 Å². The lowest BCUT2D eigenvalue weighted by atomic mass is 10.3. The maximum absolute atomic E-state index is 12.6. The maximum Gasteiger partial charge on any atom is 0.266 e. The SMILES string of the molecule is CN1CCN(C(=O)c2sccc2-n2cccc2)CC1. The van der Waals surface area contributed by atoms with Crippen LogP contribution in [-0.4, -0.2) is 53.5 Å². The zero-order valence-electron chi connectivity index (χ0n) is 11.0. The van der Waals surface area contributed by atoms with Crippen molar-refractivity contribution in [1.29, 1.82) is 0 Å². The molecule has 0 aliphatic carbocycles. The van der Waals surface area contributed by atoms with Gasteiger partial charge in [-0.3, -0.25) is 4.79 Å². The molecular formula is C14H17N3OS. The van der Waals surface area contributed by atoms with Crippen molar-refractivity contribution in [3.05, 3.63) is 40.8 Å². The number of hydrogen-bond acceptors (Lipinski definition) is 3. The first-order chi connectivity index (χ1) is 9.25. The molecule has 0 unspecified atom stereocenters. The largest absolute Gasteiger partial charge is 0.335 e. The van der Waals surface area contributed by atoms with Gasteiger partial charge in [0, 0.05) is 38.6 Å². The number of amides is 1. The van der Waals surface area contributed by atoms with Crippen molar-refractivity contribution in [2.45, 2.75) is 0 Å². The molecule has 1 amide bonds. The van der Waals surface area contributed by atoms with Gasteiger partial charge in [0.05, 0.1) is 5.69 Å². The molecule has 100 valence electrons. The van der Waals surface area contributed by atoms with Crippen LogP contribution in [0.3, 0.4) is 0 Å². The van der Waals surface area contributed by atoms with Gasteiger partial charge in [-0.1, -0.05) is 0 Å². The van der Waals surface area contributed by atoms with Crippen LogP contribution >= 0.6 is 11.3 Å². The van der Waals surface area contributed by atoms with Crippen molar-refractivity contribution in [3.8, 4) is 5.69 Å². The summed E-state index contributed by atoms with van der Waals surface area (Å²) in [6, 6.07) is 5.96. The topological polar surface area (TPSA) is 28.5 Å². The Morgan fingerprint density at radius 2 is 1.84 bits per heavy atom. The monoisotopic (exact) mass is 275 g/mol. The van der Waals surface area contributed by atoms with Crippen molar-refractivity contribution in [2.24, 2.45) is 0 Å². The lowest BCUT2D eigenvalue weighted by Gasteiger charge is -2.32. The number of carbonyl (C=O) groups excluding carboxylic acids is 1. The number of aromatic nitrogens is 1. The molecule has 2 aromatic rings. The highest BCUT2D eigenvalue weighted by atomic mass is 32.1. The van der Waals surface area contributed by atoms with E-state index in [2.05, 4.69) is 11.9 Å². The minimum Gasteiger partial charge on any atom is -0.335 e. The molecule has 1 fully saturated rings. The molecule has 4 nitrogen and oxygen atoms in total. The van der Waals surface area contributed by atoms with Crippen LogP contribution in [0.15, 0.2) is 36.0 Å². The van der Waals surface area contributed by atoms with E-state index in [1.807, 2.05) is 45.4 Å². The Morgan fingerprint density at radius 3 is 2.53 bits per heavy atom. The Kier molecular flexibility index (Phi) is 3.40. The molecule has 3 rings (SSSR count). The van der Waals surface area contributed by atoms with Gasteiger partial charge in [0.1, 0.15) is 4.88 Å². The first-order valence-corrected chi connectivity index (χ1v) is 7.32. The van der Waals surface area contributed by atoms with Crippen LogP contribution in [0.2, 0.25) is 0 Å². The van der Waals surface area contributed by atoms with E-state index in [1.165, 1.54) is 11.3 Å². The first kappa shape index (κ1) is 12.4. The van der Waals surface area contributed by atoms with Crippen molar-refractivity contribution in [3.63, 3.8) is 0 Å². The summed E-state index contributed by atoms with van der Waals surface area (Å²) < 4.78 is 2.00. The van der Waals surface area contributed by atoms with Gasteiger partial charge in [-0.25, -0.2) is 0 Å². The second kappa shape index (κ2) is 5.19. The molecule has 2 aromatic heterocycles. The highest BCUT2D eigenvalue weighted by molar-refractivity contribution is 7.12. The summed E-state index contributed by atoms with van der Waals surface area (Å²) in [5.41, 5.74) is 0.985. The second-order valence-corrected chi connectivity index (χ2v) is 5.74. The fourth-order valence-corrected chi connectivity index (χ4v) is 3.17. The van der Waals surface area contributed by atoms with Gasteiger partial charge in [0.25, 0.3) is 5.91 Å². The van der Waals surface area contributed by atoms with Crippen LogP contribution in [-0.2, 0) is 0 Å². The molecule has 19 heavy (non-hydrogen) atoms. The number of nitrogens with zero attached hydrogens (tertiary/aromatic N) is 3. The van der Waals surface area contributed by atoms with E-state index in [1.54, 1.807) is 0 Å². The number of hydrogen-bond donors (Lipinski definition) is 0. The third kappa shape index (κ3) is 2.43. The molecule has 1 aliphatic rings. The summed E-state index contributed by atoms with van der Waals surface area (Å²) in [7, 11) is 2.10. The summed E-state index contributed by atoms with van der Waals surface area (Å²) in [6.07, 6.45) is 3.95. The minimum atomic E-state index is 0.159. The third-order valence-electron chi connectivity index (χ3n) is 3.51. The van der Waals surface area contributed by atoms with E-state index in [-0.39, 0.29) is 5.91 Å². The number of rotatable bonds is 2. The van der Waals surface area contributed by atoms with Crippen molar-refractivity contribution >= 4 is 17.2 Å². The zero-order chi connectivity index (χ0) is 13.2. The molecular weight excluding hydrogens is 258 g/mol. The molecule has 0 radical (unpaired) electrons. The standard InChI is InChI=1S/C14H17N3OS/c1-15-7-9-17(10-8-15)14(18)13-12(4-11-19-13)16-5-2-3-6-16/h2-6,11H,7-10H2,1H3. The number of carbonyl (C=O) groups is 1. The fraction of sp³-hybridized carbons (Fsp3) is 0.357. The predicted molar refractivity (Wildman–Crippen MR) is 77.0 cm³/mol. The summed E-state index contributed by atoms with van der Waals surface area (Å²) in [5, 5.41) is 1.98. The average molecular weight is 275 g/mol. The first-order valence-electron chi connectivity index (χ1n) is 6.44. The van der Waals surface area contributed by atoms with Gasteiger partial charge in [-0.05, 0) is 30.6 Å². The van der Waals surface area contributed by atoms with Crippen molar-refractivity contribution in [1.82, 2.24) is 14.4 Å². The zero-order valence-corrected chi connectivity index (χ0v) is 11.8. The minimum absolute atomic E-state index is 0.159. The molecule has 0 N–H and O–H groups in total. The van der Waals surface area contributed by atoms with Crippen LogP contribution in [0.4, 0.5) is 0 Å². The van der Waals surface area contributed by atoms with Crippen molar-refractivity contribution in [2.75, 3.05) is 33.2 Å². The Balaban J connectivity index is 1.83. The molecule has 0 spiro atoms. The fourth-order valence-electron chi connectivity index (χ4n) is 2.31. The number of likely N-dealkylation sites (N-methyl/N-ethyl adjacent to an activating group) is 1. The highest BCUT2D eigenvalue weighted by Gasteiger charge is 2.23.